The molecular formula is C16H16BrF2N. The van der Waals surface area contributed by atoms with E-state index in [0.29, 0.717) is 12.0 Å². The Morgan fingerprint density at radius 3 is 2.55 bits per heavy atom. The maximum absolute atomic E-state index is 13.7. The fourth-order valence-electron chi connectivity index (χ4n) is 2.20. The molecule has 20 heavy (non-hydrogen) atoms. The van der Waals surface area contributed by atoms with Gasteiger partial charge in [-0.3, -0.25) is 0 Å². The van der Waals surface area contributed by atoms with Crippen LogP contribution in [0.3, 0.4) is 0 Å². The topological polar surface area (TPSA) is 12.0 Å². The second-order valence-electron chi connectivity index (χ2n) is 4.74. The molecule has 0 spiro atoms. The standard InChI is InChI=1S/C16H16BrF2N/c1-20-14(9-11-4-2-6-13(17)8-11)10-12-5-3-7-15(18)16(12)19/h2-8,14,20H,9-10H2,1H3. The number of benzene rings is 2. The lowest BCUT2D eigenvalue weighted by atomic mass is 9.99. The Morgan fingerprint density at radius 2 is 1.85 bits per heavy atom. The molecule has 2 rings (SSSR count). The first-order chi connectivity index (χ1) is 9.60. The molecular weight excluding hydrogens is 324 g/mol. The number of rotatable bonds is 5. The third kappa shape index (κ3) is 3.87. The van der Waals surface area contributed by atoms with E-state index in [9.17, 15) is 8.78 Å². The van der Waals surface area contributed by atoms with E-state index < -0.39 is 11.6 Å². The molecule has 1 nitrogen and oxygen atoms in total. The minimum absolute atomic E-state index is 0.0561. The summed E-state index contributed by atoms with van der Waals surface area (Å²) in [6.07, 6.45) is 1.21. The highest BCUT2D eigenvalue weighted by Gasteiger charge is 2.14. The third-order valence-electron chi connectivity index (χ3n) is 3.28. The van der Waals surface area contributed by atoms with Crippen LogP contribution in [0.25, 0.3) is 0 Å². The van der Waals surface area contributed by atoms with Gasteiger partial charge in [-0.15, -0.1) is 0 Å². The fourth-order valence-corrected chi connectivity index (χ4v) is 2.64. The van der Waals surface area contributed by atoms with Crippen molar-refractivity contribution in [2.45, 2.75) is 18.9 Å². The predicted octanol–water partition coefficient (Wildman–Crippen LogP) is 4.10. The van der Waals surface area contributed by atoms with Crippen molar-refractivity contribution in [3.63, 3.8) is 0 Å². The van der Waals surface area contributed by atoms with Crippen molar-refractivity contribution in [2.75, 3.05) is 7.05 Å². The molecule has 0 aliphatic carbocycles. The zero-order valence-corrected chi connectivity index (χ0v) is 12.8. The number of nitrogens with one attached hydrogen (secondary N) is 1. The minimum Gasteiger partial charge on any atom is -0.316 e. The van der Waals surface area contributed by atoms with Gasteiger partial charge in [-0.2, -0.15) is 0 Å². The molecule has 0 aliphatic heterocycles. The Balaban J connectivity index is 2.11. The summed E-state index contributed by atoms with van der Waals surface area (Å²) < 4.78 is 27.9. The normalized spacial score (nSPS) is 12.4. The molecule has 0 radical (unpaired) electrons. The monoisotopic (exact) mass is 339 g/mol. The van der Waals surface area contributed by atoms with Gasteiger partial charge < -0.3 is 5.32 Å². The molecule has 2 aromatic rings. The predicted molar refractivity (Wildman–Crippen MR) is 80.8 cm³/mol. The second kappa shape index (κ2) is 6.95. The lowest BCUT2D eigenvalue weighted by Gasteiger charge is -2.17. The first-order valence-corrected chi connectivity index (χ1v) is 7.24. The number of hydrogen-bond acceptors (Lipinski definition) is 1. The van der Waals surface area contributed by atoms with E-state index >= 15 is 0 Å². The van der Waals surface area contributed by atoms with Gasteiger partial charge in [-0.25, -0.2) is 8.78 Å². The van der Waals surface area contributed by atoms with Crippen LogP contribution in [0, 0.1) is 11.6 Å². The van der Waals surface area contributed by atoms with Crippen molar-refractivity contribution >= 4 is 15.9 Å². The van der Waals surface area contributed by atoms with Gasteiger partial charge in [0.05, 0.1) is 0 Å². The van der Waals surface area contributed by atoms with Crippen molar-refractivity contribution in [1.82, 2.24) is 5.32 Å². The molecule has 0 saturated heterocycles. The van der Waals surface area contributed by atoms with E-state index in [2.05, 4.69) is 21.2 Å². The molecule has 1 atom stereocenters. The Hall–Kier alpha value is -1.26. The molecule has 2 aromatic carbocycles. The lowest BCUT2D eigenvalue weighted by Crippen LogP contribution is -2.30. The van der Waals surface area contributed by atoms with Crippen LogP contribution in [0.5, 0.6) is 0 Å². The van der Waals surface area contributed by atoms with E-state index in [1.54, 1.807) is 12.1 Å². The van der Waals surface area contributed by atoms with Crippen molar-refractivity contribution in [3.8, 4) is 0 Å². The van der Waals surface area contributed by atoms with Crippen LogP contribution in [0.4, 0.5) is 8.78 Å². The van der Waals surface area contributed by atoms with E-state index in [1.807, 2.05) is 31.3 Å². The molecule has 0 saturated carbocycles. The average Bonchev–Trinajstić information content (AvgIpc) is 2.43. The van der Waals surface area contributed by atoms with Crippen LogP contribution < -0.4 is 5.32 Å². The van der Waals surface area contributed by atoms with E-state index in [1.165, 1.54) is 0 Å². The Bertz CT molecular complexity index is 586. The molecule has 4 heteroatoms. The van der Waals surface area contributed by atoms with Crippen LogP contribution in [0.15, 0.2) is 46.9 Å². The SMILES string of the molecule is CNC(Cc1cccc(Br)c1)Cc1cccc(F)c1F. The van der Waals surface area contributed by atoms with Crippen molar-refractivity contribution in [1.29, 1.82) is 0 Å². The Labute approximate surface area is 126 Å². The molecule has 106 valence electrons. The summed E-state index contributed by atoms with van der Waals surface area (Å²) in [5.41, 5.74) is 1.55. The van der Waals surface area contributed by atoms with Crippen LogP contribution >= 0.6 is 15.9 Å². The largest absolute Gasteiger partial charge is 0.316 e. The summed E-state index contributed by atoms with van der Waals surface area (Å²) in [6.45, 7) is 0. The molecule has 0 heterocycles. The molecule has 0 bridgehead atoms. The first kappa shape index (κ1) is 15.1. The molecule has 0 aromatic heterocycles. The Kier molecular flexibility index (Phi) is 5.26. The maximum Gasteiger partial charge on any atom is 0.162 e. The summed E-state index contributed by atoms with van der Waals surface area (Å²) >= 11 is 3.43. The summed E-state index contributed by atoms with van der Waals surface area (Å²) in [5, 5.41) is 3.16. The molecule has 0 amide bonds. The maximum atomic E-state index is 13.7. The van der Waals surface area contributed by atoms with Gasteiger partial charge in [0.15, 0.2) is 11.6 Å². The van der Waals surface area contributed by atoms with Crippen LogP contribution in [0.1, 0.15) is 11.1 Å². The first-order valence-electron chi connectivity index (χ1n) is 6.44. The zero-order chi connectivity index (χ0) is 14.5. The molecule has 0 fully saturated rings. The van der Waals surface area contributed by atoms with Crippen molar-refractivity contribution in [3.05, 3.63) is 69.7 Å². The molecule has 0 aliphatic rings. The highest BCUT2D eigenvalue weighted by atomic mass is 79.9. The van der Waals surface area contributed by atoms with Gasteiger partial charge in [0.1, 0.15) is 0 Å². The highest BCUT2D eigenvalue weighted by molar-refractivity contribution is 9.10. The van der Waals surface area contributed by atoms with Gasteiger partial charge in [-0.05, 0) is 49.2 Å². The number of hydrogen-bond donors (Lipinski definition) is 1. The van der Waals surface area contributed by atoms with Gasteiger partial charge >= 0.3 is 0 Å². The minimum atomic E-state index is -0.792. The van der Waals surface area contributed by atoms with E-state index in [4.69, 9.17) is 0 Å². The van der Waals surface area contributed by atoms with Crippen molar-refractivity contribution < 1.29 is 8.78 Å². The third-order valence-corrected chi connectivity index (χ3v) is 3.77. The fraction of sp³-hybridized carbons (Fsp3) is 0.250. The quantitative estimate of drug-likeness (QED) is 0.864. The van der Waals surface area contributed by atoms with E-state index in [0.717, 1.165) is 22.5 Å². The smallest absolute Gasteiger partial charge is 0.162 e. The summed E-state index contributed by atoms with van der Waals surface area (Å²) in [4.78, 5) is 0. The van der Waals surface area contributed by atoms with Crippen LogP contribution in [-0.4, -0.2) is 13.1 Å². The van der Waals surface area contributed by atoms with Gasteiger partial charge in [0, 0.05) is 10.5 Å². The summed E-state index contributed by atoms with van der Waals surface area (Å²) in [5.74, 6) is -1.54. The van der Waals surface area contributed by atoms with Crippen LogP contribution in [0.2, 0.25) is 0 Å². The van der Waals surface area contributed by atoms with Crippen LogP contribution in [-0.2, 0) is 12.8 Å². The number of halogens is 3. The molecule has 1 unspecified atom stereocenters. The van der Waals surface area contributed by atoms with Crippen molar-refractivity contribution in [2.24, 2.45) is 0 Å². The van der Waals surface area contributed by atoms with Gasteiger partial charge in [0.2, 0.25) is 0 Å². The number of likely N-dealkylation sites (N-methyl/N-ethyl adjacent to an activating group) is 1. The zero-order valence-electron chi connectivity index (χ0n) is 11.2. The second-order valence-corrected chi connectivity index (χ2v) is 5.65. The van der Waals surface area contributed by atoms with Gasteiger partial charge in [0.25, 0.3) is 0 Å². The summed E-state index contributed by atoms with van der Waals surface area (Å²) in [6, 6.07) is 12.4. The molecule has 1 N–H and O–H groups in total. The van der Waals surface area contributed by atoms with E-state index in [-0.39, 0.29) is 6.04 Å². The Morgan fingerprint density at radius 1 is 1.10 bits per heavy atom. The van der Waals surface area contributed by atoms with Gasteiger partial charge in [-0.1, -0.05) is 40.2 Å². The lowest BCUT2D eigenvalue weighted by molar-refractivity contribution is 0.482. The average molecular weight is 340 g/mol. The highest BCUT2D eigenvalue weighted by Crippen LogP contribution is 2.17. The summed E-state index contributed by atoms with van der Waals surface area (Å²) in [7, 11) is 1.83.